The third kappa shape index (κ3) is 2.18. The van der Waals surface area contributed by atoms with Gasteiger partial charge < -0.3 is 11.5 Å². The fourth-order valence-corrected chi connectivity index (χ4v) is 2.37. The van der Waals surface area contributed by atoms with Crippen LogP contribution in [0.5, 0.6) is 0 Å². The summed E-state index contributed by atoms with van der Waals surface area (Å²) < 4.78 is 0. The first kappa shape index (κ1) is 11.0. The fraction of sp³-hybridized carbons (Fsp3) is 0.462. The van der Waals surface area contributed by atoms with E-state index in [1.807, 2.05) is 12.1 Å². The molecule has 0 aliphatic heterocycles. The van der Waals surface area contributed by atoms with Crippen molar-refractivity contribution in [3.8, 4) is 0 Å². The maximum absolute atomic E-state index is 11.2. The average Bonchev–Trinajstić information content (AvgIpc) is 2.20. The van der Waals surface area contributed by atoms with Gasteiger partial charge in [-0.2, -0.15) is 0 Å². The van der Waals surface area contributed by atoms with Crippen LogP contribution in [0.15, 0.2) is 12.1 Å². The van der Waals surface area contributed by atoms with Crippen LogP contribution in [0.1, 0.15) is 47.2 Å². The van der Waals surface area contributed by atoms with E-state index in [4.69, 9.17) is 11.5 Å². The number of hydrogen-bond acceptors (Lipinski definition) is 2. The monoisotopic (exact) mass is 218 g/mol. The van der Waals surface area contributed by atoms with Gasteiger partial charge >= 0.3 is 0 Å². The molecule has 16 heavy (non-hydrogen) atoms. The van der Waals surface area contributed by atoms with E-state index in [-0.39, 0.29) is 0 Å². The summed E-state index contributed by atoms with van der Waals surface area (Å²) in [7, 11) is 0. The third-order valence-electron chi connectivity index (χ3n) is 3.28. The Morgan fingerprint density at radius 3 is 2.12 bits per heavy atom. The summed E-state index contributed by atoms with van der Waals surface area (Å²) in [6, 6.07) is 3.82. The minimum Gasteiger partial charge on any atom is -0.398 e. The maximum Gasteiger partial charge on any atom is 0.250 e. The van der Waals surface area contributed by atoms with Gasteiger partial charge in [0.15, 0.2) is 0 Å². The quantitative estimate of drug-likeness (QED) is 0.708. The highest BCUT2D eigenvalue weighted by molar-refractivity contribution is 5.98. The van der Waals surface area contributed by atoms with Crippen LogP contribution < -0.4 is 11.5 Å². The first-order valence-corrected chi connectivity index (χ1v) is 5.89. The van der Waals surface area contributed by atoms with E-state index >= 15 is 0 Å². The molecule has 0 spiro atoms. The zero-order chi connectivity index (χ0) is 11.5. The molecule has 3 heteroatoms. The Morgan fingerprint density at radius 1 is 1.00 bits per heavy atom. The van der Waals surface area contributed by atoms with Crippen LogP contribution >= 0.6 is 0 Å². The number of nitrogens with two attached hydrogens (primary N) is 2. The second kappa shape index (κ2) is 4.56. The van der Waals surface area contributed by atoms with Crippen molar-refractivity contribution < 1.29 is 4.79 Å². The van der Waals surface area contributed by atoms with Crippen LogP contribution in [0.4, 0.5) is 5.69 Å². The van der Waals surface area contributed by atoms with Gasteiger partial charge in [0.1, 0.15) is 0 Å². The van der Waals surface area contributed by atoms with Gasteiger partial charge in [0.25, 0.3) is 5.91 Å². The van der Waals surface area contributed by atoms with E-state index in [2.05, 4.69) is 0 Å². The number of carbonyl (C=O) groups is 1. The molecule has 1 amide bonds. The van der Waals surface area contributed by atoms with Crippen LogP contribution in [-0.2, 0) is 12.8 Å². The lowest BCUT2D eigenvalue weighted by atomic mass is 9.91. The fourth-order valence-electron chi connectivity index (χ4n) is 2.37. The third-order valence-corrected chi connectivity index (χ3v) is 3.28. The number of aryl methyl sites for hydroxylation is 2. The van der Waals surface area contributed by atoms with Gasteiger partial charge in [-0.3, -0.25) is 4.79 Å². The molecule has 86 valence electrons. The summed E-state index contributed by atoms with van der Waals surface area (Å²) in [6.45, 7) is 0. The summed E-state index contributed by atoms with van der Waals surface area (Å²) >= 11 is 0. The standard InChI is InChI=1S/C13H18N2O/c14-12-8-10-6-4-2-1-3-5-9(10)7-11(12)13(15)16/h7-8H,1-6,14H2,(H2,15,16). The van der Waals surface area contributed by atoms with Gasteiger partial charge in [0.05, 0.1) is 5.56 Å². The summed E-state index contributed by atoms with van der Waals surface area (Å²) in [6.07, 6.45) is 7.07. The van der Waals surface area contributed by atoms with Crippen molar-refractivity contribution in [2.45, 2.75) is 38.5 Å². The molecule has 1 aliphatic rings. The topological polar surface area (TPSA) is 69.1 Å². The Kier molecular flexibility index (Phi) is 3.13. The van der Waals surface area contributed by atoms with E-state index in [1.165, 1.54) is 36.8 Å². The highest BCUT2D eigenvalue weighted by atomic mass is 16.1. The number of rotatable bonds is 1. The van der Waals surface area contributed by atoms with Crippen LogP contribution in [0.2, 0.25) is 0 Å². The van der Waals surface area contributed by atoms with Crippen molar-refractivity contribution in [2.75, 3.05) is 5.73 Å². The molecule has 0 bridgehead atoms. The lowest BCUT2D eigenvalue weighted by molar-refractivity contribution is 0.100. The van der Waals surface area contributed by atoms with Gasteiger partial charge in [-0.1, -0.05) is 12.8 Å². The van der Waals surface area contributed by atoms with Gasteiger partial charge in [-0.25, -0.2) is 0 Å². The Hall–Kier alpha value is -1.51. The van der Waals surface area contributed by atoms with Crippen LogP contribution in [0, 0.1) is 0 Å². The Morgan fingerprint density at radius 2 is 1.56 bits per heavy atom. The summed E-state index contributed by atoms with van der Waals surface area (Å²) in [5.41, 5.74) is 14.7. The first-order chi connectivity index (χ1) is 7.68. The van der Waals surface area contributed by atoms with E-state index in [9.17, 15) is 4.79 Å². The molecule has 0 unspecified atom stereocenters. The largest absolute Gasteiger partial charge is 0.398 e. The molecular formula is C13H18N2O. The van der Waals surface area contributed by atoms with E-state index in [0.717, 1.165) is 12.8 Å². The number of amides is 1. The van der Waals surface area contributed by atoms with Gasteiger partial charge in [0.2, 0.25) is 0 Å². The van der Waals surface area contributed by atoms with E-state index < -0.39 is 5.91 Å². The smallest absolute Gasteiger partial charge is 0.250 e. The number of nitrogen functional groups attached to an aromatic ring is 1. The molecule has 2 rings (SSSR count). The van der Waals surface area contributed by atoms with Gasteiger partial charge in [-0.15, -0.1) is 0 Å². The molecule has 0 atom stereocenters. The molecule has 1 aliphatic carbocycles. The SMILES string of the molecule is NC(=O)c1cc2c(cc1N)CCCCCC2. The van der Waals surface area contributed by atoms with Crippen molar-refractivity contribution in [2.24, 2.45) is 5.73 Å². The van der Waals surface area contributed by atoms with E-state index in [0.29, 0.717) is 11.3 Å². The van der Waals surface area contributed by atoms with Gasteiger partial charge in [0, 0.05) is 5.69 Å². The molecular weight excluding hydrogens is 200 g/mol. The van der Waals surface area contributed by atoms with Crippen molar-refractivity contribution in [1.82, 2.24) is 0 Å². The van der Waals surface area contributed by atoms with Crippen LogP contribution in [0.25, 0.3) is 0 Å². The molecule has 0 saturated heterocycles. The van der Waals surface area contributed by atoms with Crippen molar-refractivity contribution in [3.05, 3.63) is 28.8 Å². The van der Waals surface area contributed by atoms with E-state index in [1.54, 1.807) is 0 Å². The molecule has 3 nitrogen and oxygen atoms in total. The minimum absolute atomic E-state index is 0.428. The second-order valence-electron chi connectivity index (χ2n) is 4.49. The highest BCUT2D eigenvalue weighted by Gasteiger charge is 2.13. The predicted octanol–water partition coefficient (Wildman–Crippen LogP) is 2.03. The van der Waals surface area contributed by atoms with Crippen molar-refractivity contribution in [3.63, 3.8) is 0 Å². The molecule has 0 heterocycles. The summed E-state index contributed by atoms with van der Waals surface area (Å²) in [4.78, 5) is 11.2. The minimum atomic E-state index is -0.428. The summed E-state index contributed by atoms with van der Waals surface area (Å²) in [5.74, 6) is -0.428. The number of hydrogen-bond donors (Lipinski definition) is 2. The van der Waals surface area contributed by atoms with Gasteiger partial charge in [-0.05, 0) is 48.9 Å². The number of carbonyl (C=O) groups excluding carboxylic acids is 1. The van der Waals surface area contributed by atoms with Crippen molar-refractivity contribution >= 4 is 11.6 Å². The maximum atomic E-state index is 11.2. The molecule has 1 aromatic rings. The second-order valence-corrected chi connectivity index (χ2v) is 4.49. The number of anilines is 1. The number of benzene rings is 1. The number of primary amides is 1. The molecule has 4 N–H and O–H groups in total. The Balaban J connectivity index is 2.41. The first-order valence-electron chi connectivity index (χ1n) is 5.89. The molecule has 0 saturated carbocycles. The zero-order valence-corrected chi connectivity index (χ0v) is 9.46. The Bertz CT molecular complexity index is 413. The lowest BCUT2D eigenvalue weighted by Gasteiger charge is -2.15. The predicted molar refractivity (Wildman–Crippen MR) is 65.2 cm³/mol. The molecule has 0 fully saturated rings. The normalized spacial score (nSPS) is 16.0. The number of fused-ring (bicyclic) bond motifs is 1. The lowest BCUT2D eigenvalue weighted by Crippen LogP contribution is -2.15. The molecule has 0 aromatic heterocycles. The average molecular weight is 218 g/mol. The highest BCUT2D eigenvalue weighted by Crippen LogP contribution is 2.25. The Labute approximate surface area is 95.8 Å². The summed E-state index contributed by atoms with van der Waals surface area (Å²) in [5, 5.41) is 0. The molecule has 0 radical (unpaired) electrons. The molecule has 1 aromatic carbocycles. The zero-order valence-electron chi connectivity index (χ0n) is 9.46. The van der Waals surface area contributed by atoms with Crippen LogP contribution in [0.3, 0.4) is 0 Å². The van der Waals surface area contributed by atoms with Crippen molar-refractivity contribution in [1.29, 1.82) is 0 Å². The van der Waals surface area contributed by atoms with Crippen LogP contribution in [-0.4, -0.2) is 5.91 Å².